The molecular weight excluding hydrogens is 235 g/mol. The zero-order valence-corrected chi connectivity index (χ0v) is 8.65. The van der Waals surface area contributed by atoms with Crippen molar-refractivity contribution in [3.8, 4) is 0 Å². The average molecular weight is 245 g/mol. The van der Waals surface area contributed by atoms with E-state index >= 15 is 0 Å². The normalized spacial score (nSPS) is 9.92. The van der Waals surface area contributed by atoms with Crippen LogP contribution in [0.15, 0.2) is 24.3 Å². The van der Waals surface area contributed by atoms with E-state index in [-0.39, 0.29) is 21.6 Å². The Morgan fingerprint density at radius 2 is 1.92 bits per heavy atom. The number of aliphatic hydroxyl groups is 1. The van der Waals surface area contributed by atoms with Gasteiger partial charge >= 0.3 is 82.2 Å². The summed E-state index contributed by atoms with van der Waals surface area (Å²) in [6.07, 6.45) is 0. The van der Waals surface area contributed by atoms with E-state index in [0.29, 0.717) is 5.56 Å². The summed E-state index contributed by atoms with van der Waals surface area (Å²) in [6, 6.07) is 6.80. The molecule has 0 aliphatic rings. The van der Waals surface area contributed by atoms with E-state index in [0.717, 1.165) is 9.78 Å². The predicted octanol–water partition coefficient (Wildman–Crippen LogP) is 0.125. The second-order valence-corrected chi connectivity index (χ2v) is 4.85. The van der Waals surface area contributed by atoms with Crippen LogP contribution in [0.5, 0.6) is 0 Å². The van der Waals surface area contributed by atoms with Crippen LogP contribution in [-0.4, -0.2) is 37.7 Å². The minimum atomic E-state index is -0.902. The van der Waals surface area contributed by atoms with Crippen LogP contribution in [0.4, 0.5) is 0 Å². The van der Waals surface area contributed by atoms with Crippen LogP contribution in [0, 0.1) is 0 Å². The van der Waals surface area contributed by atoms with E-state index < -0.39 is 5.97 Å². The number of aliphatic hydroxyl groups excluding tert-OH is 1. The number of carbonyl (C=O) groups is 1. The van der Waals surface area contributed by atoms with Gasteiger partial charge < -0.3 is 0 Å². The number of rotatable bonds is 4. The van der Waals surface area contributed by atoms with Gasteiger partial charge in [-0.3, -0.25) is 0 Å². The summed E-state index contributed by atoms with van der Waals surface area (Å²) in [5.41, 5.74) is 0.309. The molecule has 0 saturated heterocycles. The van der Waals surface area contributed by atoms with Crippen LogP contribution in [-0.2, 0) is 0 Å². The zero-order chi connectivity index (χ0) is 9.68. The molecule has 70 valence electrons. The Kier molecular flexibility index (Phi) is 3.96. The number of carboxylic acids is 1. The minimum absolute atomic E-state index is 0.195. The molecule has 13 heavy (non-hydrogen) atoms. The second-order valence-electron chi connectivity index (χ2n) is 2.40. The van der Waals surface area contributed by atoms with Gasteiger partial charge in [-0.2, -0.15) is 0 Å². The third-order valence-corrected chi connectivity index (χ3v) is 3.54. The van der Waals surface area contributed by atoms with E-state index in [1.165, 1.54) is 0 Å². The van der Waals surface area contributed by atoms with Crippen LogP contribution in [0.2, 0.25) is 5.32 Å². The SMILES string of the molecule is O=C(O)c1ccc([Se]CCO)cc1. The third kappa shape index (κ3) is 3.19. The first-order valence-electron chi connectivity index (χ1n) is 3.81. The van der Waals surface area contributed by atoms with Gasteiger partial charge in [0.2, 0.25) is 0 Å². The molecule has 0 radical (unpaired) electrons. The van der Waals surface area contributed by atoms with Gasteiger partial charge in [-0.15, -0.1) is 0 Å². The number of aromatic carboxylic acids is 1. The predicted molar refractivity (Wildman–Crippen MR) is 50.7 cm³/mol. The van der Waals surface area contributed by atoms with E-state index in [2.05, 4.69) is 0 Å². The molecule has 1 rings (SSSR count). The molecule has 0 unspecified atom stereocenters. The van der Waals surface area contributed by atoms with E-state index in [9.17, 15) is 4.79 Å². The molecule has 0 heterocycles. The fraction of sp³-hybridized carbons (Fsp3) is 0.222. The molecule has 1 aromatic carbocycles. The quantitative estimate of drug-likeness (QED) is 0.741. The molecule has 0 fully saturated rings. The van der Waals surface area contributed by atoms with Gasteiger partial charge in [0.15, 0.2) is 0 Å². The first kappa shape index (κ1) is 10.3. The third-order valence-electron chi connectivity index (χ3n) is 1.46. The summed E-state index contributed by atoms with van der Waals surface area (Å²) in [4.78, 5) is 10.5. The Balaban J connectivity index is 2.64. The van der Waals surface area contributed by atoms with Crippen molar-refractivity contribution in [3.63, 3.8) is 0 Å². The molecule has 0 spiro atoms. The topological polar surface area (TPSA) is 57.5 Å². The Bertz CT molecular complexity index is 281. The number of benzene rings is 1. The summed E-state index contributed by atoms with van der Waals surface area (Å²) in [5, 5.41) is 18.0. The van der Waals surface area contributed by atoms with Gasteiger partial charge in [0.05, 0.1) is 0 Å². The van der Waals surface area contributed by atoms with Crippen molar-refractivity contribution >= 4 is 25.4 Å². The molecular formula is C9H10O3Se. The number of hydrogen-bond acceptors (Lipinski definition) is 2. The summed E-state index contributed by atoms with van der Waals surface area (Å²) < 4.78 is 1.12. The van der Waals surface area contributed by atoms with Crippen LogP contribution in [0.25, 0.3) is 0 Å². The van der Waals surface area contributed by atoms with Crippen molar-refractivity contribution < 1.29 is 15.0 Å². The van der Waals surface area contributed by atoms with Gasteiger partial charge in [0, 0.05) is 0 Å². The van der Waals surface area contributed by atoms with Crippen LogP contribution < -0.4 is 4.46 Å². The first-order valence-corrected chi connectivity index (χ1v) is 5.88. The van der Waals surface area contributed by atoms with Crippen molar-refractivity contribution in [2.24, 2.45) is 0 Å². The molecule has 0 amide bonds. The Labute approximate surface area is 82.6 Å². The average Bonchev–Trinajstić information content (AvgIpc) is 2.15. The van der Waals surface area contributed by atoms with Gasteiger partial charge in [-0.1, -0.05) is 0 Å². The molecule has 1 aromatic rings. The zero-order valence-electron chi connectivity index (χ0n) is 6.93. The Morgan fingerprint density at radius 3 is 2.38 bits per heavy atom. The van der Waals surface area contributed by atoms with E-state index in [1.807, 2.05) is 0 Å². The molecule has 0 aliphatic heterocycles. The van der Waals surface area contributed by atoms with Crippen molar-refractivity contribution in [1.29, 1.82) is 0 Å². The summed E-state index contributed by atoms with van der Waals surface area (Å²) in [7, 11) is 0. The number of hydrogen-bond donors (Lipinski definition) is 2. The first-order chi connectivity index (χ1) is 6.24. The fourth-order valence-electron chi connectivity index (χ4n) is 0.857. The molecule has 2 N–H and O–H groups in total. The van der Waals surface area contributed by atoms with Crippen molar-refractivity contribution in [2.45, 2.75) is 5.32 Å². The Morgan fingerprint density at radius 1 is 1.31 bits per heavy atom. The van der Waals surface area contributed by atoms with E-state index in [1.54, 1.807) is 24.3 Å². The van der Waals surface area contributed by atoms with E-state index in [4.69, 9.17) is 10.2 Å². The van der Waals surface area contributed by atoms with Gasteiger partial charge in [-0.25, -0.2) is 0 Å². The van der Waals surface area contributed by atoms with Gasteiger partial charge in [0.25, 0.3) is 0 Å². The van der Waals surface area contributed by atoms with Crippen molar-refractivity contribution in [2.75, 3.05) is 6.61 Å². The summed E-state index contributed by atoms with van der Waals surface area (Å²) >= 11 is 0.256. The molecule has 0 aromatic heterocycles. The van der Waals surface area contributed by atoms with Crippen molar-refractivity contribution in [3.05, 3.63) is 29.8 Å². The number of carboxylic acid groups (broad SMARTS) is 1. The monoisotopic (exact) mass is 246 g/mol. The van der Waals surface area contributed by atoms with Crippen molar-refractivity contribution in [1.82, 2.24) is 0 Å². The fourth-order valence-corrected chi connectivity index (χ4v) is 2.23. The molecule has 3 nitrogen and oxygen atoms in total. The van der Waals surface area contributed by atoms with Crippen LogP contribution in [0.1, 0.15) is 10.4 Å². The van der Waals surface area contributed by atoms with Gasteiger partial charge in [0.1, 0.15) is 0 Å². The molecule has 0 aliphatic carbocycles. The molecule has 0 saturated carbocycles. The second kappa shape index (κ2) is 5.02. The van der Waals surface area contributed by atoms with Crippen LogP contribution in [0.3, 0.4) is 0 Å². The molecule has 0 atom stereocenters. The molecule has 0 bridgehead atoms. The van der Waals surface area contributed by atoms with Gasteiger partial charge in [-0.05, 0) is 0 Å². The standard InChI is InChI=1S/C9H10O3Se/c10-5-6-13-8-3-1-7(2-4-8)9(11)12/h1-4,10H,5-6H2,(H,11,12). The summed E-state index contributed by atoms with van der Waals surface area (Å²) in [6.45, 7) is 0.195. The van der Waals surface area contributed by atoms with Crippen LogP contribution >= 0.6 is 0 Å². The Hall–Kier alpha value is -0.831. The maximum absolute atomic E-state index is 10.5. The summed E-state index contributed by atoms with van der Waals surface area (Å²) in [5.74, 6) is -0.902. The molecule has 4 heteroatoms. The maximum atomic E-state index is 10.5.